The molecule has 0 aromatic heterocycles. The molecule has 25 heavy (non-hydrogen) atoms. The Bertz CT molecular complexity index is 806. The smallest absolute Gasteiger partial charge is 0.241 e. The summed E-state index contributed by atoms with van der Waals surface area (Å²) in [6, 6.07) is 11.0. The molecule has 0 spiro atoms. The molecule has 3 nitrogen and oxygen atoms in total. The van der Waals surface area contributed by atoms with Crippen molar-refractivity contribution in [3.05, 3.63) is 64.7 Å². The number of carbonyl (C=O) groups is 1. The number of halogens is 2. The van der Waals surface area contributed by atoms with Crippen LogP contribution in [0.2, 0.25) is 0 Å². The summed E-state index contributed by atoms with van der Waals surface area (Å²) in [6.45, 7) is 6.45. The van der Waals surface area contributed by atoms with E-state index >= 15 is 0 Å². The van der Waals surface area contributed by atoms with E-state index in [1.807, 2.05) is 43.0 Å². The number of anilines is 1. The van der Waals surface area contributed by atoms with Gasteiger partial charge in [-0.15, -0.1) is 0 Å². The number of para-hydroxylation sites is 1. The van der Waals surface area contributed by atoms with Crippen molar-refractivity contribution in [2.45, 2.75) is 33.4 Å². The largest absolute Gasteiger partial charge is 0.309 e. The van der Waals surface area contributed by atoms with Crippen LogP contribution in [0.3, 0.4) is 0 Å². The first-order valence-electron chi connectivity index (χ1n) is 8.42. The Balaban J connectivity index is 1.78. The Morgan fingerprint density at radius 2 is 1.76 bits per heavy atom. The van der Waals surface area contributed by atoms with E-state index in [1.165, 1.54) is 6.92 Å². The summed E-state index contributed by atoms with van der Waals surface area (Å²) < 4.78 is 27.9. The molecule has 2 aromatic carbocycles. The second-order valence-corrected chi connectivity index (χ2v) is 6.71. The van der Waals surface area contributed by atoms with Gasteiger partial charge in [-0.3, -0.25) is 9.69 Å². The van der Waals surface area contributed by atoms with Crippen LogP contribution in [0, 0.1) is 25.5 Å². The summed E-state index contributed by atoms with van der Waals surface area (Å²) in [4.78, 5) is 16.3. The molecule has 0 N–H and O–H groups in total. The molecule has 2 aromatic rings. The maximum Gasteiger partial charge on any atom is 0.241 e. The minimum absolute atomic E-state index is 0.0274. The van der Waals surface area contributed by atoms with E-state index in [2.05, 4.69) is 0 Å². The van der Waals surface area contributed by atoms with Gasteiger partial charge in [-0.2, -0.15) is 0 Å². The quantitative estimate of drug-likeness (QED) is 0.845. The predicted molar refractivity (Wildman–Crippen MR) is 94.5 cm³/mol. The fourth-order valence-corrected chi connectivity index (χ4v) is 3.23. The summed E-state index contributed by atoms with van der Waals surface area (Å²) in [6.07, 6.45) is 0. The second-order valence-electron chi connectivity index (χ2n) is 6.71. The van der Waals surface area contributed by atoms with E-state index in [-0.39, 0.29) is 36.2 Å². The number of benzene rings is 2. The predicted octanol–water partition coefficient (Wildman–Crippen LogP) is 3.82. The van der Waals surface area contributed by atoms with Crippen LogP contribution < -0.4 is 4.90 Å². The fraction of sp³-hybridized carbons (Fsp3) is 0.350. The minimum Gasteiger partial charge on any atom is -0.309 e. The van der Waals surface area contributed by atoms with Gasteiger partial charge in [0.25, 0.3) is 0 Å². The normalized spacial score (nSPS) is 18.7. The minimum atomic E-state index is -0.819. The average Bonchev–Trinajstić information content (AvgIpc) is 2.59. The first kappa shape index (κ1) is 17.5. The van der Waals surface area contributed by atoms with Gasteiger partial charge in [-0.25, -0.2) is 8.78 Å². The number of aryl methyl sites for hydroxylation is 2. The maximum atomic E-state index is 14.1. The Labute approximate surface area is 146 Å². The molecule has 0 saturated carbocycles. The first-order valence-corrected chi connectivity index (χ1v) is 8.42. The number of rotatable bonds is 3. The zero-order valence-corrected chi connectivity index (χ0v) is 14.7. The van der Waals surface area contributed by atoms with Crippen LogP contribution in [0.1, 0.15) is 23.6 Å². The highest BCUT2D eigenvalue weighted by Crippen LogP contribution is 2.25. The average molecular weight is 344 g/mol. The zero-order valence-electron chi connectivity index (χ0n) is 14.7. The molecule has 132 valence electrons. The van der Waals surface area contributed by atoms with Crippen molar-refractivity contribution in [3.8, 4) is 0 Å². The molecule has 1 saturated heterocycles. The molecule has 0 radical (unpaired) electrons. The number of piperazine rings is 1. The van der Waals surface area contributed by atoms with Gasteiger partial charge in [0.05, 0.1) is 6.54 Å². The van der Waals surface area contributed by atoms with E-state index < -0.39 is 11.6 Å². The highest BCUT2D eigenvalue weighted by atomic mass is 19.2. The van der Waals surface area contributed by atoms with Crippen molar-refractivity contribution in [3.63, 3.8) is 0 Å². The van der Waals surface area contributed by atoms with Gasteiger partial charge in [-0.05, 0) is 38.0 Å². The van der Waals surface area contributed by atoms with Crippen LogP contribution >= 0.6 is 0 Å². The van der Waals surface area contributed by atoms with E-state index in [0.29, 0.717) is 6.54 Å². The third-order valence-corrected chi connectivity index (χ3v) is 4.84. The molecule has 0 bridgehead atoms. The molecule has 0 aliphatic carbocycles. The maximum absolute atomic E-state index is 14.1. The van der Waals surface area contributed by atoms with Crippen LogP contribution in [0.4, 0.5) is 14.5 Å². The van der Waals surface area contributed by atoms with Gasteiger partial charge in [0.2, 0.25) is 5.91 Å². The summed E-state index contributed by atoms with van der Waals surface area (Å²) in [5, 5.41) is 0. The van der Waals surface area contributed by atoms with Gasteiger partial charge < -0.3 is 4.90 Å². The molecule has 1 unspecified atom stereocenters. The molecule has 5 heteroatoms. The summed E-state index contributed by atoms with van der Waals surface area (Å²) >= 11 is 0. The number of nitrogens with zero attached hydrogens (tertiary/aromatic N) is 2. The molecule has 1 atom stereocenters. The highest BCUT2D eigenvalue weighted by Gasteiger charge is 2.31. The Morgan fingerprint density at radius 3 is 2.48 bits per heavy atom. The molecular weight excluding hydrogens is 322 g/mol. The fourth-order valence-electron chi connectivity index (χ4n) is 3.23. The summed E-state index contributed by atoms with van der Waals surface area (Å²) in [5.41, 5.74) is 2.52. The van der Waals surface area contributed by atoms with Gasteiger partial charge >= 0.3 is 0 Å². The molecule has 1 aliphatic heterocycles. The van der Waals surface area contributed by atoms with E-state index in [9.17, 15) is 13.6 Å². The lowest BCUT2D eigenvalue weighted by Gasteiger charge is -2.40. The van der Waals surface area contributed by atoms with Gasteiger partial charge in [0.1, 0.15) is 0 Å². The van der Waals surface area contributed by atoms with Gasteiger partial charge in [-0.1, -0.05) is 30.3 Å². The van der Waals surface area contributed by atoms with Crippen molar-refractivity contribution in [2.24, 2.45) is 0 Å². The number of hydrogen-bond donors (Lipinski definition) is 0. The van der Waals surface area contributed by atoms with Crippen molar-refractivity contribution < 1.29 is 13.6 Å². The molecule has 1 aliphatic rings. The third-order valence-electron chi connectivity index (χ3n) is 4.84. The molecule has 1 heterocycles. The zero-order chi connectivity index (χ0) is 18.1. The second kappa shape index (κ2) is 6.92. The molecule has 3 rings (SSSR count). The summed E-state index contributed by atoms with van der Waals surface area (Å²) in [5.74, 6) is -1.66. The van der Waals surface area contributed by atoms with Crippen molar-refractivity contribution in [1.82, 2.24) is 4.90 Å². The molecule has 1 fully saturated rings. The monoisotopic (exact) mass is 344 g/mol. The van der Waals surface area contributed by atoms with Crippen LogP contribution in [0.15, 0.2) is 36.4 Å². The third kappa shape index (κ3) is 3.42. The number of amides is 1. The lowest BCUT2D eigenvalue weighted by Crippen LogP contribution is -2.55. The Morgan fingerprint density at radius 1 is 1.04 bits per heavy atom. The number of carbonyl (C=O) groups excluding carboxylic acids is 1. The van der Waals surface area contributed by atoms with E-state index in [1.54, 1.807) is 17.0 Å². The van der Waals surface area contributed by atoms with E-state index in [4.69, 9.17) is 0 Å². The molecule has 1 amide bonds. The highest BCUT2D eigenvalue weighted by molar-refractivity contribution is 5.96. The Hall–Kier alpha value is -2.27. The van der Waals surface area contributed by atoms with Crippen molar-refractivity contribution in [1.29, 1.82) is 0 Å². The lowest BCUT2D eigenvalue weighted by atomic mass is 10.1. The van der Waals surface area contributed by atoms with Crippen LogP contribution in [0.5, 0.6) is 0 Å². The summed E-state index contributed by atoms with van der Waals surface area (Å²) in [7, 11) is 0. The van der Waals surface area contributed by atoms with Crippen LogP contribution in [-0.4, -0.2) is 29.9 Å². The van der Waals surface area contributed by atoms with Gasteiger partial charge in [0, 0.05) is 30.4 Å². The van der Waals surface area contributed by atoms with Crippen LogP contribution in [0.25, 0.3) is 0 Å². The topological polar surface area (TPSA) is 23.6 Å². The SMILES string of the molecule is Cc1ccccc1N1CC(C)N(Cc2ccc(C)c(F)c2F)CC1=O. The number of hydrogen-bond acceptors (Lipinski definition) is 2. The molecular formula is C20H22F2N2O. The standard InChI is InChI=1S/C20H22F2N2O/c1-13-6-4-5-7-17(13)24-10-15(3)23(12-18(24)25)11-16-9-8-14(2)19(21)20(16)22/h4-9,15H,10-12H2,1-3H3. The lowest BCUT2D eigenvalue weighted by molar-refractivity contribution is -0.122. The Kier molecular flexibility index (Phi) is 4.86. The van der Waals surface area contributed by atoms with Crippen molar-refractivity contribution >= 4 is 11.6 Å². The first-order chi connectivity index (χ1) is 11.9. The van der Waals surface area contributed by atoms with Crippen molar-refractivity contribution in [2.75, 3.05) is 18.0 Å². The van der Waals surface area contributed by atoms with E-state index in [0.717, 1.165) is 11.3 Å². The van der Waals surface area contributed by atoms with Crippen LogP contribution in [-0.2, 0) is 11.3 Å². The van der Waals surface area contributed by atoms with Gasteiger partial charge in [0.15, 0.2) is 11.6 Å².